The molecule has 0 aliphatic heterocycles. The van der Waals surface area contributed by atoms with Crippen molar-refractivity contribution in [3.8, 4) is 0 Å². The largest absolute Gasteiger partial charge is 0.590 e. The second-order valence-corrected chi connectivity index (χ2v) is 12.4. The van der Waals surface area contributed by atoms with Crippen molar-refractivity contribution in [2.45, 2.75) is 154 Å². The number of allylic oxidation sites excluding steroid dienone is 2. The van der Waals surface area contributed by atoms with Gasteiger partial charge in [0.15, 0.2) is 0 Å². The summed E-state index contributed by atoms with van der Waals surface area (Å²) in [7, 11) is 3.63. The summed E-state index contributed by atoms with van der Waals surface area (Å²) in [5.41, 5.74) is 0. The second kappa shape index (κ2) is 21.1. The number of unbranched alkanes of at least 4 members (excludes halogenated alkanes) is 17. The van der Waals surface area contributed by atoms with Gasteiger partial charge in [-0.05, 0) is 32.1 Å². The molecule has 3 nitrogen and oxygen atoms in total. The summed E-state index contributed by atoms with van der Waals surface area (Å²) in [5.74, 6) is 0. The maximum Gasteiger partial charge on any atom is 0.376 e. The van der Waals surface area contributed by atoms with Crippen molar-refractivity contribution in [3.05, 3.63) is 12.2 Å². The zero-order chi connectivity index (χ0) is 24.8. The summed E-state index contributed by atoms with van der Waals surface area (Å²) >= 11 is 0. The molecule has 2 unspecified atom stereocenters. The van der Waals surface area contributed by atoms with Crippen molar-refractivity contribution in [3.63, 3.8) is 0 Å². The minimum Gasteiger partial charge on any atom is -0.590 e. The maximum atomic E-state index is 12.0. The fourth-order valence-electron chi connectivity index (χ4n) is 4.99. The molecule has 0 radical (unpaired) electrons. The number of hydrogen-bond acceptors (Lipinski definition) is 2. The highest BCUT2D eigenvalue weighted by atomic mass is 31.1. The molecule has 0 saturated carbocycles. The molecular weight excluding hydrogens is 425 g/mol. The van der Waals surface area contributed by atoms with Gasteiger partial charge < -0.3 is 4.89 Å². The fourth-order valence-corrected chi connectivity index (χ4v) is 6.08. The van der Waals surface area contributed by atoms with E-state index in [0.29, 0.717) is 10.9 Å². The molecule has 33 heavy (non-hydrogen) atoms. The molecule has 2 atom stereocenters. The zero-order valence-electron chi connectivity index (χ0n) is 23.2. The third kappa shape index (κ3) is 16.1. The molecule has 196 valence electrons. The first-order valence-corrected chi connectivity index (χ1v) is 15.6. The molecule has 0 bridgehead atoms. The summed E-state index contributed by atoms with van der Waals surface area (Å²) in [6, 6.07) is 0. The van der Waals surface area contributed by atoms with Crippen molar-refractivity contribution in [2.24, 2.45) is 0 Å². The lowest BCUT2D eigenvalue weighted by Crippen LogP contribution is -2.55. The Bertz CT molecular complexity index is 487. The smallest absolute Gasteiger partial charge is 0.376 e. The van der Waals surface area contributed by atoms with Gasteiger partial charge in [-0.1, -0.05) is 120 Å². The Morgan fingerprint density at radius 1 is 0.636 bits per heavy atom. The monoisotopic (exact) mass is 484 g/mol. The SMILES string of the molecule is CCCCCCCCCC=CCCCCCCCCCCCCC(CC)([P+](=O)[O-])[N+](C)(C)C. The molecule has 0 aliphatic rings. The first kappa shape index (κ1) is 32.8. The molecule has 0 aromatic heterocycles. The Balaban J connectivity index is 3.49. The summed E-state index contributed by atoms with van der Waals surface area (Å²) in [6.45, 7) is 4.30. The van der Waals surface area contributed by atoms with Crippen LogP contribution in [0.2, 0.25) is 0 Å². The van der Waals surface area contributed by atoms with Crippen LogP contribution in [0, 0.1) is 0 Å². The van der Waals surface area contributed by atoms with Crippen molar-refractivity contribution < 1.29 is 13.9 Å². The summed E-state index contributed by atoms with van der Waals surface area (Å²) in [4.78, 5) is 12.0. The topological polar surface area (TPSA) is 40.1 Å². The lowest BCUT2D eigenvalue weighted by Gasteiger charge is -2.39. The first-order chi connectivity index (χ1) is 15.8. The molecule has 0 rings (SSSR count). The molecule has 0 aliphatic carbocycles. The third-order valence-electron chi connectivity index (χ3n) is 7.49. The average molecular weight is 485 g/mol. The zero-order valence-corrected chi connectivity index (χ0v) is 24.1. The molecule has 0 fully saturated rings. The van der Waals surface area contributed by atoms with Gasteiger partial charge >= 0.3 is 8.03 Å². The maximum absolute atomic E-state index is 12.0. The van der Waals surface area contributed by atoms with E-state index in [2.05, 4.69) is 19.1 Å². The van der Waals surface area contributed by atoms with Crippen LogP contribution in [0.1, 0.15) is 149 Å². The Morgan fingerprint density at radius 2 is 1.00 bits per heavy atom. The summed E-state index contributed by atoms with van der Waals surface area (Å²) < 4.78 is 12.5. The molecule has 0 amide bonds. The highest BCUT2D eigenvalue weighted by molar-refractivity contribution is 7.38. The average Bonchev–Trinajstić information content (AvgIpc) is 2.76. The van der Waals surface area contributed by atoms with E-state index in [-0.39, 0.29) is 0 Å². The fraction of sp³-hybridized carbons (Fsp3) is 0.931. The van der Waals surface area contributed by atoms with Gasteiger partial charge in [0.2, 0.25) is 0 Å². The van der Waals surface area contributed by atoms with Gasteiger partial charge in [0.25, 0.3) is 5.28 Å². The van der Waals surface area contributed by atoms with Crippen LogP contribution in [0.3, 0.4) is 0 Å². The van der Waals surface area contributed by atoms with Gasteiger partial charge in [0.05, 0.1) is 21.1 Å². The molecule has 0 saturated heterocycles. The van der Waals surface area contributed by atoms with Crippen LogP contribution in [-0.4, -0.2) is 30.9 Å². The quantitative estimate of drug-likeness (QED) is 0.0592. The van der Waals surface area contributed by atoms with Gasteiger partial charge in [-0.3, -0.25) is 4.48 Å². The highest BCUT2D eigenvalue weighted by Gasteiger charge is 2.52. The van der Waals surface area contributed by atoms with Gasteiger partial charge in [-0.25, -0.2) is 0 Å². The lowest BCUT2D eigenvalue weighted by atomic mass is 10.0. The van der Waals surface area contributed by atoms with E-state index in [1.54, 1.807) is 0 Å². The van der Waals surface area contributed by atoms with Crippen molar-refractivity contribution in [1.29, 1.82) is 0 Å². The van der Waals surface area contributed by atoms with Crippen LogP contribution >= 0.6 is 8.03 Å². The molecule has 4 heteroatoms. The van der Waals surface area contributed by atoms with E-state index < -0.39 is 13.3 Å². The minimum absolute atomic E-state index is 0.511. The Kier molecular flexibility index (Phi) is 20.9. The van der Waals surface area contributed by atoms with E-state index in [0.717, 1.165) is 19.3 Å². The van der Waals surface area contributed by atoms with Gasteiger partial charge in [0, 0.05) is 12.8 Å². The van der Waals surface area contributed by atoms with Gasteiger partial charge in [-0.15, -0.1) is 0 Å². The lowest BCUT2D eigenvalue weighted by molar-refractivity contribution is -0.910. The van der Waals surface area contributed by atoms with Gasteiger partial charge in [0.1, 0.15) is 0 Å². The van der Waals surface area contributed by atoms with E-state index in [1.165, 1.54) is 109 Å². The van der Waals surface area contributed by atoms with E-state index in [1.807, 2.05) is 28.1 Å². The number of quaternary nitrogens is 1. The summed E-state index contributed by atoms with van der Waals surface area (Å²) in [6.07, 6.45) is 31.6. The number of rotatable bonds is 24. The highest BCUT2D eigenvalue weighted by Crippen LogP contribution is 2.44. The molecular formula is C29H59NO2P+. The second-order valence-electron chi connectivity index (χ2n) is 11.1. The van der Waals surface area contributed by atoms with Crippen LogP contribution in [0.25, 0.3) is 0 Å². The van der Waals surface area contributed by atoms with Crippen LogP contribution < -0.4 is 4.89 Å². The van der Waals surface area contributed by atoms with Crippen LogP contribution in [-0.2, 0) is 4.57 Å². The molecule has 0 aromatic carbocycles. The predicted octanol–water partition coefficient (Wildman–Crippen LogP) is 9.28. The predicted molar refractivity (Wildman–Crippen MR) is 146 cm³/mol. The first-order valence-electron chi connectivity index (χ1n) is 14.4. The van der Waals surface area contributed by atoms with Crippen molar-refractivity contribution >= 4 is 8.03 Å². The molecule has 0 heterocycles. The van der Waals surface area contributed by atoms with E-state index in [4.69, 9.17) is 0 Å². The Morgan fingerprint density at radius 3 is 1.33 bits per heavy atom. The molecule has 0 spiro atoms. The standard InChI is InChI=1S/C29H59NO2P/c1-6-8-9-10-11-12-13-14-15-16-17-18-19-20-21-22-23-24-25-26-27-28-29(7-2,33(31)32)30(3,4)5/h15-16H,6-14,17-28H2,1-5H3/q+1. The Labute approximate surface area is 209 Å². The molecule has 0 aromatic rings. The van der Waals surface area contributed by atoms with Gasteiger partial charge in [-0.2, -0.15) is 0 Å². The normalized spacial score (nSPS) is 14.7. The van der Waals surface area contributed by atoms with Crippen LogP contribution in [0.4, 0.5) is 0 Å². The van der Waals surface area contributed by atoms with Crippen LogP contribution in [0.5, 0.6) is 0 Å². The third-order valence-corrected chi connectivity index (χ3v) is 9.31. The Hall–Kier alpha value is -0.240. The van der Waals surface area contributed by atoms with Crippen molar-refractivity contribution in [1.82, 2.24) is 0 Å². The van der Waals surface area contributed by atoms with Crippen molar-refractivity contribution in [2.75, 3.05) is 21.1 Å². The number of hydrogen-bond donors (Lipinski definition) is 0. The van der Waals surface area contributed by atoms with E-state index in [9.17, 15) is 9.46 Å². The van der Waals surface area contributed by atoms with Crippen LogP contribution in [0.15, 0.2) is 12.2 Å². The minimum atomic E-state index is -2.42. The number of nitrogens with zero attached hydrogens (tertiary/aromatic N) is 1. The van der Waals surface area contributed by atoms with E-state index >= 15 is 0 Å². The molecule has 0 N–H and O–H groups in total. The summed E-state index contributed by atoms with van der Waals surface area (Å²) in [5, 5.41) is -0.599.